The van der Waals surface area contributed by atoms with E-state index in [2.05, 4.69) is 39.2 Å². The van der Waals surface area contributed by atoms with E-state index in [1.165, 1.54) is 0 Å². The standard InChI is InChI=1S/C25H22ClN3O4/c1-25(30)13-32-21-19(12-31-22(21)25)33-24-27-18-11-17(26)20(28-23(18)29-24)16-9-7-15(8-10-16)14-5-3-2-4-6-14/h2-11,19,21-22,30H,12-13H2,1H3,(H,27,28,29)/t19-,21-,22?,25-/m1/s1. The number of benzene rings is 2. The largest absolute Gasteiger partial charge is 0.456 e. The number of fused-ring (bicyclic) bond motifs is 2. The van der Waals surface area contributed by atoms with Gasteiger partial charge in [-0.1, -0.05) is 66.2 Å². The van der Waals surface area contributed by atoms with Crippen molar-refractivity contribution in [3.8, 4) is 28.4 Å². The number of hydrogen-bond acceptors (Lipinski definition) is 6. The Morgan fingerprint density at radius 2 is 1.76 bits per heavy atom. The molecule has 4 heterocycles. The van der Waals surface area contributed by atoms with Crippen LogP contribution in [0.2, 0.25) is 5.02 Å². The zero-order valence-electron chi connectivity index (χ0n) is 17.9. The van der Waals surface area contributed by atoms with Gasteiger partial charge in [-0.15, -0.1) is 0 Å². The minimum absolute atomic E-state index is 0.214. The SMILES string of the molecule is C[C@@]1(O)CO[C@H]2C1OC[C@H]2Oc1nc2nc(-c3ccc(-c4ccccc4)cc3)c(Cl)cc2[nH]1. The van der Waals surface area contributed by atoms with Crippen LogP contribution in [-0.2, 0) is 9.47 Å². The van der Waals surface area contributed by atoms with Crippen LogP contribution in [0.1, 0.15) is 6.92 Å². The average molecular weight is 464 g/mol. The topological polar surface area (TPSA) is 89.5 Å². The maximum atomic E-state index is 10.4. The molecule has 2 aliphatic heterocycles. The first-order valence-corrected chi connectivity index (χ1v) is 11.2. The lowest BCUT2D eigenvalue weighted by Crippen LogP contribution is -2.41. The number of aromatic amines is 1. The van der Waals surface area contributed by atoms with E-state index in [1.807, 2.05) is 30.3 Å². The highest BCUT2D eigenvalue weighted by Gasteiger charge is 2.54. The maximum absolute atomic E-state index is 10.4. The molecule has 7 nitrogen and oxygen atoms in total. The first-order chi connectivity index (χ1) is 16.0. The molecule has 2 aromatic carbocycles. The number of H-pyrrole nitrogens is 1. The van der Waals surface area contributed by atoms with Crippen LogP contribution in [0.15, 0.2) is 60.7 Å². The molecule has 0 radical (unpaired) electrons. The number of hydrogen-bond donors (Lipinski definition) is 2. The minimum atomic E-state index is -1.02. The average Bonchev–Trinajstić information content (AvgIpc) is 3.49. The second-order valence-corrected chi connectivity index (χ2v) is 9.13. The van der Waals surface area contributed by atoms with Crippen LogP contribution in [0.25, 0.3) is 33.5 Å². The van der Waals surface area contributed by atoms with Crippen LogP contribution in [0.3, 0.4) is 0 Å². The van der Waals surface area contributed by atoms with Gasteiger partial charge in [0, 0.05) is 5.56 Å². The molecule has 4 atom stereocenters. The fourth-order valence-electron chi connectivity index (χ4n) is 4.51. The van der Waals surface area contributed by atoms with Gasteiger partial charge in [-0.2, -0.15) is 4.98 Å². The number of aliphatic hydroxyl groups is 1. The molecular formula is C25H22ClN3O4. The third kappa shape index (κ3) is 3.67. The Labute approximate surface area is 195 Å². The van der Waals surface area contributed by atoms with Crippen molar-refractivity contribution >= 4 is 22.8 Å². The van der Waals surface area contributed by atoms with Crippen LogP contribution in [0, 0.1) is 0 Å². The Bertz CT molecular complexity index is 1310. The molecule has 8 heteroatoms. The predicted octanol–water partition coefficient (Wildman–Crippen LogP) is 4.24. The minimum Gasteiger partial charge on any atom is -0.456 e. The number of nitrogens with zero attached hydrogens (tertiary/aromatic N) is 2. The molecule has 2 saturated heterocycles. The first-order valence-electron chi connectivity index (χ1n) is 10.8. The van der Waals surface area contributed by atoms with E-state index in [0.717, 1.165) is 16.7 Å². The molecule has 168 valence electrons. The van der Waals surface area contributed by atoms with E-state index < -0.39 is 11.7 Å². The molecule has 0 aliphatic carbocycles. The zero-order valence-corrected chi connectivity index (χ0v) is 18.6. The van der Waals surface area contributed by atoms with Gasteiger partial charge in [0.15, 0.2) is 11.8 Å². The number of ether oxygens (including phenoxy) is 3. The van der Waals surface area contributed by atoms with Crippen LogP contribution in [0.4, 0.5) is 0 Å². The number of imidazole rings is 1. The van der Waals surface area contributed by atoms with Gasteiger partial charge in [-0.3, -0.25) is 0 Å². The number of rotatable bonds is 4. The Morgan fingerprint density at radius 1 is 1.03 bits per heavy atom. The molecule has 1 unspecified atom stereocenters. The van der Waals surface area contributed by atoms with Crippen LogP contribution in [0.5, 0.6) is 6.01 Å². The van der Waals surface area contributed by atoms with Crippen molar-refractivity contribution in [1.29, 1.82) is 0 Å². The lowest BCUT2D eigenvalue weighted by Gasteiger charge is -2.20. The highest BCUT2D eigenvalue weighted by molar-refractivity contribution is 6.33. The number of halogens is 1. The Balaban J connectivity index is 1.25. The van der Waals surface area contributed by atoms with Gasteiger partial charge in [0.25, 0.3) is 6.01 Å². The molecule has 6 rings (SSSR count). The molecule has 0 amide bonds. The molecule has 4 aromatic rings. The summed E-state index contributed by atoms with van der Waals surface area (Å²) in [5.41, 5.74) is 4.00. The van der Waals surface area contributed by atoms with Crippen molar-refractivity contribution < 1.29 is 19.3 Å². The van der Waals surface area contributed by atoms with Crippen molar-refractivity contribution in [2.45, 2.75) is 30.8 Å². The summed E-state index contributed by atoms with van der Waals surface area (Å²) in [4.78, 5) is 12.3. The molecule has 33 heavy (non-hydrogen) atoms. The predicted molar refractivity (Wildman–Crippen MR) is 124 cm³/mol. The third-order valence-corrected chi connectivity index (χ3v) is 6.51. The molecule has 0 bridgehead atoms. The van der Waals surface area contributed by atoms with E-state index >= 15 is 0 Å². The van der Waals surface area contributed by atoms with Crippen molar-refractivity contribution in [2.24, 2.45) is 0 Å². The summed E-state index contributed by atoms with van der Waals surface area (Å²) in [5.74, 6) is 0. The third-order valence-electron chi connectivity index (χ3n) is 6.22. The Hall–Kier alpha value is -2.97. The highest BCUT2D eigenvalue weighted by Crippen LogP contribution is 2.36. The van der Waals surface area contributed by atoms with E-state index in [4.69, 9.17) is 25.8 Å². The summed E-state index contributed by atoms with van der Waals surface area (Å²) in [6.07, 6.45) is -1.13. The van der Waals surface area contributed by atoms with Gasteiger partial charge in [0.2, 0.25) is 0 Å². The van der Waals surface area contributed by atoms with Gasteiger partial charge < -0.3 is 24.3 Å². The lowest BCUT2D eigenvalue weighted by molar-refractivity contribution is -0.0558. The summed E-state index contributed by atoms with van der Waals surface area (Å²) < 4.78 is 17.4. The quantitative estimate of drug-likeness (QED) is 0.470. The molecule has 2 aliphatic rings. The fourth-order valence-corrected chi connectivity index (χ4v) is 4.77. The second kappa shape index (κ2) is 7.81. The van der Waals surface area contributed by atoms with E-state index in [1.54, 1.807) is 13.0 Å². The molecule has 0 saturated carbocycles. The summed E-state index contributed by atoms with van der Waals surface area (Å²) in [7, 11) is 0. The highest BCUT2D eigenvalue weighted by atomic mass is 35.5. The molecule has 2 fully saturated rings. The van der Waals surface area contributed by atoms with Gasteiger partial charge in [0.1, 0.15) is 17.8 Å². The van der Waals surface area contributed by atoms with Crippen molar-refractivity contribution in [1.82, 2.24) is 15.0 Å². The molecule has 2 N–H and O–H groups in total. The van der Waals surface area contributed by atoms with Gasteiger partial charge in [-0.25, -0.2) is 4.98 Å². The maximum Gasteiger partial charge on any atom is 0.296 e. The van der Waals surface area contributed by atoms with Gasteiger partial charge in [0.05, 0.1) is 29.4 Å². The van der Waals surface area contributed by atoms with E-state index in [9.17, 15) is 5.11 Å². The van der Waals surface area contributed by atoms with Crippen LogP contribution in [-0.4, -0.2) is 57.2 Å². The zero-order chi connectivity index (χ0) is 22.6. The summed E-state index contributed by atoms with van der Waals surface area (Å²) >= 11 is 6.56. The number of pyridine rings is 1. The molecule has 2 aromatic heterocycles. The smallest absolute Gasteiger partial charge is 0.296 e. The van der Waals surface area contributed by atoms with Crippen LogP contribution >= 0.6 is 11.6 Å². The van der Waals surface area contributed by atoms with Crippen molar-refractivity contribution in [3.05, 3.63) is 65.7 Å². The van der Waals surface area contributed by atoms with Crippen molar-refractivity contribution in [2.75, 3.05) is 13.2 Å². The lowest BCUT2D eigenvalue weighted by atomic mass is 9.99. The molecule has 0 spiro atoms. The monoisotopic (exact) mass is 463 g/mol. The normalized spacial score (nSPS) is 26.6. The first kappa shape index (κ1) is 20.6. The summed E-state index contributed by atoms with van der Waals surface area (Å²) in [6, 6.07) is 20.4. The molecular weight excluding hydrogens is 442 g/mol. The van der Waals surface area contributed by atoms with Gasteiger partial charge >= 0.3 is 0 Å². The summed E-state index contributed by atoms with van der Waals surface area (Å²) in [6.45, 7) is 2.24. The van der Waals surface area contributed by atoms with Gasteiger partial charge in [-0.05, 0) is 24.1 Å². The number of aromatic nitrogens is 3. The Morgan fingerprint density at radius 3 is 2.55 bits per heavy atom. The van der Waals surface area contributed by atoms with E-state index in [0.29, 0.717) is 34.5 Å². The number of nitrogens with one attached hydrogen (secondary N) is 1. The van der Waals surface area contributed by atoms with E-state index in [-0.39, 0.29) is 18.8 Å². The Kier molecular flexibility index (Phi) is 4.88. The fraction of sp³-hybridized carbons (Fsp3) is 0.280. The second-order valence-electron chi connectivity index (χ2n) is 8.72. The summed E-state index contributed by atoms with van der Waals surface area (Å²) in [5, 5.41) is 10.9. The van der Waals surface area contributed by atoms with Crippen molar-refractivity contribution in [3.63, 3.8) is 0 Å². The van der Waals surface area contributed by atoms with Crippen LogP contribution < -0.4 is 4.74 Å².